The number of halogens is 1. The zero-order chi connectivity index (χ0) is 18.7. The minimum atomic E-state index is -0.431. The number of Topliss-reactive ketones (excluding diaryl/α,β-unsaturated/α-hetero) is 1. The van der Waals surface area contributed by atoms with Crippen molar-refractivity contribution in [3.8, 4) is 0 Å². The molecule has 7 heteroatoms. The number of nitrogens with two attached hydrogens (primary N) is 1. The van der Waals surface area contributed by atoms with Crippen LogP contribution in [-0.2, 0) is 6.42 Å². The minimum Gasteiger partial charge on any atom is -0.335 e. The van der Waals surface area contributed by atoms with E-state index < -0.39 is 6.04 Å². The van der Waals surface area contributed by atoms with Crippen LogP contribution >= 0.6 is 23.8 Å². The van der Waals surface area contributed by atoms with Crippen LogP contribution in [0.3, 0.4) is 0 Å². The van der Waals surface area contributed by atoms with E-state index >= 15 is 0 Å². The number of carbonyl (C=O) groups excluding carboxylic acids is 1. The Morgan fingerprint density at radius 2 is 1.85 bits per heavy atom. The average Bonchev–Trinajstić information content (AvgIpc) is 2.95. The Bertz CT molecular complexity index is 981. The van der Waals surface area contributed by atoms with Gasteiger partial charge in [-0.15, -0.1) is 0 Å². The van der Waals surface area contributed by atoms with E-state index in [0.29, 0.717) is 27.6 Å². The third-order valence-electron chi connectivity index (χ3n) is 4.25. The maximum atomic E-state index is 12.8. The lowest BCUT2D eigenvalue weighted by atomic mass is 9.98. The van der Waals surface area contributed by atoms with E-state index in [-0.39, 0.29) is 12.2 Å². The second kappa shape index (κ2) is 7.85. The Morgan fingerprint density at radius 3 is 2.46 bits per heavy atom. The summed E-state index contributed by atoms with van der Waals surface area (Å²) in [7, 11) is 0. The molecule has 0 bridgehead atoms. The second-order valence-electron chi connectivity index (χ2n) is 5.90. The van der Waals surface area contributed by atoms with Crippen molar-refractivity contribution in [2.45, 2.75) is 25.8 Å². The van der Waals surface area contributed by atoms with Crippen molar-refractivity contribution in [1.82, 2.24) is 14.5 Å². The zero-order valence-corrected chi connectivity index (χ0v) is 15.9. The monoisotopic (exact) mass is 386 g/mol. The molecule has 134 valence electrons. The molecule has 0 spiro atoms. The van der Waals surface area contributed by atoms with E-state index in [1.165, 1.54) is 4.68 Å². The molecular weight excluding hydrogens is 368 g/mol. The number of nitrogen functional groups attached to an aromatic ring is 1. The van der Waals surface area contributed by atoms with Crippen LogP contribution in [-0.4, -0.2) is 20.2 Å². The molecule has 2 N–H and O–H groups in total. The van der Waals surface area contributed by atoms with Crippen molar-refractivity contribution in [2.24, 2.45) is 0 Å². The van der Waals surface area contributed by atoms with Crippen LogP contribution in [0, 0.1) is 4.77 Å². The van der Waals surface area contributed by atoms with Gasteiger partial charge in [0.25, 0.3) is 0 Å². The number of hydrogen-bond acceptors (Lipinski definition) is 4. The van der Waals surface area contributed by atoms with Crippen molar-refractivity contribution in [2.75, 3.05) is 5.84 Å². The van der Waals surface area contributed by atoms with Gasteiger partial charge in [0.1, 0.15) is 0 Å². The molecule has 0 radical (unpaired) electrons. The summed E-state index contributed by atoms with van der Waals surface area (Å²) >= 11 is 11.9. The molecule has 0 aliphatic carbocycles. The van der Waals surface area contributed by atoms with E-state index in [4.69, 9.17) is 29.7 Å². The van der Waals surface area contributed by atoms with E-state index in [1.807, 2.05) is 43.3 Å². The Kier molecular flexibility index (Phi) is 5.54. The number of carbonyl (C=O) groups is 1. The van der Waals surface area contributed by atoms with Gasteiger partial charge in [-0.2, -0.15) is 5.10 Å². The highest BCUT2D eigenvalue weighted by Gasteiger charge is 2.24. The van der Waals surface area contributed by atoms with Crippen LogP contribution in [0.15, 0.2) is 54.6 Å². The molecule has 0 saturated carbocycles. The summed E-state index contributed by atoms with van der Waals surface area (Å²) in [6, 6.07) is 16.1. The first-order valence-corrected chi connectivity index (χ1v) is 9.09. The second-order valence-corrected chi connectivity index (χ2v) is 6.67. The van der Waals surface area contributed by atoms with E-state index in [9.17, 15) is 4.79 Å². The Balaban J connectivity index is 2.08. The quantitative estimate of drug-likeness (QED) is 0.391. The number of aromatic nitrogens is 3. The average molecular weight is 387 g/mol. The summed E-state index contributed by atoms with van der Waals surface area (Å²) in [4.78, 5) is 12.8. The van der Waals surface area contributed by atoms with Crippen LogP contribution in [0.5, 0.6) is 0 Å². The zero-order valence-electron chi connectivity index (χ0n) is 14.3. The summed E-state index contributed by atoms with van der Waals surface area (Å²) in [5.41, 5.74) is 1.43. The van der Waals surface area contributed by atoms with Gasteiger partial charge in [-0.1, -0.05) is 67.1 Å². The van der Waals surface area contributed by atoms with Crippen LogP contribution in [0.1, 0.15) is 41.1 Å². The molecule has 26 heavy (non-hydrogen) atoms. The maximum absolute atomic E-state index is 12.8. The molecule has 1 heterocycles. The van der Waals surface area contributed by atoms with E-state index in [2.05, 4.69) is 5.10 Å². The lowest BCUT2D eigenvalue weighted by Gasteiger charge is -2.18. The molecule has 1 aromatic heterocycles. The number of ketones is 1. The van der Waals surface area contributed by atoms with E-state index in [1.54, 1.807) is 22.9 Å². The predicted molar refractivity (Wildman–Crippen MR) is 106 cm³/mol. The van der Waals surface area contributed by atoms with Gasteiger partial charge in [0, 0.05) is 23.4 Å². The van der Waals surface area contributed by atoms with Gasteiger partial charge in [-0.05, 0) is 23.8 Å². The topological polar surface area (TPSA) is 65.8 Å². The molecule has 0 unspecified atom stereocenters. The van der Waals surface area contributed by atoms with E-state index in [0.717, 1.165) is 5.56 Å². The number of rotatable bonds is 6. The van der Waals surface area contributed by atoms with Gasteiger partial charge in [-0.25, -0.2) is 9.36 Å². The Hall–Kier alpha value is -2.44. The highest BCUT2D eigenvalue weighted by Crippen LogP contribution is 2.30. The summed E-state index contributed by atoms with van der Waals surface area (Å²) in [5.74, 6) is 6.66. The normalized spacial score (nSPS) is 12.1. The molecule has 3 rings (SSSR count). The fraction of sp³-hybridized carbons (Fsp3) is 0.211. The summed E-state index contributed by atoms with van der Waals surface area (Å²) in [5, 5.41) is 5.09. The molecule has 1 atom stereocenters. The smallest absolute Gasteiger partial charge is 0.217 e. The first-order chi connectivity index (χ1) is 12.5. The molecule has 0 aliphatic rings. The van der Waals surface area contributed by atoms with Gasteiger partial charge in [0.05, 0.1) is 6.04 Å². The number of benzene rings is 2. The van der Waals surface area contributed by atoms with Gasteiger partial charge < -0.3 is 5.84 Å². The molecule has 0 fully saturated rings. The molecule has 5 nitrogen and oxygen atoms in total. The Morgan fingerprint density at radius 1 is 1.19 bits per heavy atom. The summed E-state index contributed by atoms with van der Waals surface area (Å²) in [6.07, 6.45) is 0.817. The molecule has 0 amide bonds. The molecule has 3 aromatic rings. The van der Waals surface area contributed by atoms with Crippen molar-refractivity contribution >= 4 is 29.6 Å². The number of nitrogens with zero attached hydrogens (tertiary/aromatic N) is 3. The molecule has 2 aromatic carbocycles. The van der Waals surface area contributed by atoms with Crippen LogP contribution in [0.4, 0.5) is 0 Å². The predicted octanol–water partition coefficient (Wildman–Crippen LogP) is 4.21. The standard InChI is InChI=1S/C19H19ClN4OS/c1-2-18-22-24(19(26)23(18)21)16(14-10-6-7-11-15(14)20)12-17(25)13-8-4-3-5-9-13/h3-11,16H,2,12,21H2,1H3/t16-/m1/s1. The van der Waals surface area contributed by atoms with Gasteiger partial charge >= 0.3 is 0 Å². The largest absolute Gasteiger partial charge is 0.335 e. The Labute approximate surface area is 162 Å². The van der Waals surface area contributed by atoms with Crippen molar-refractivity contribution < 1.29 is 4.79 Å². The highest BCUT2D eigenvalue weighted by atomic mass is 35.5. The van der Waals surface area contributed by atoms with Crippen LogP contribution in [0.25, 0.3) is 0 Å². The third-order valence-corrected chi connectivity index (χ3v) is 4.98. The lowest BCUT2D eigenvalue weighted by molar-refractivity contribution is 0.0967. The SMILES string of the molecule is CCc1nn([C@H](CC(=O)c2ccccc2)c2ccccc2Cl)c(=S)n1N. The van der Waals surface area contributed by atoms with Crippen LogP contribution < -0.4 is 5.84 Å². The summed E-state index contributed by atoms with van der Waals surface area (Å²) < 4.78 is 3.36. The first kappa shape index (κ1) is 18.4. The van der Waals surface area contributed by atoms with Crippen LogP contribution in [0.2, 0.25) is 5.02 Å². The van der Waals surface area contributed by atoms with Gasteiger partial charge in [0.15, 0.2) is 11.6 Å². The minimum absolute atomic E-state index is 0.0120. The maximum Gasteiger partial charge on any atom is 0.217 e. The fourth-order valence-electron chi connectivity index (χ4n) is 2.87. The van der Waals surface area contributed by atoms with Crippen molar-refractivity contribution in [3.05, 3.63) is 81.3 Å². The molecule has 0 aliphatic heterocycles. The summed E-state index contributed by atoms with van der Waals surface area (Å²) in [6.45, 7) is 1.95. The van der Waals surface area contributed by atoms with Gasteiger partial charge in [-0.3, -0.25) is 4.79 Å². The number of aryl methyl sites for hydroxylation is 1. The number of hydrogen-bond donors (Lipinski definition) is 1. The molecule has 0 saturated heterocycles. The molecular formula is C19H19ClN4OS. The fourth-order valence-corrected chi connectivity index (χ4v) is 3.41. The third kappa shape index (κ3) is 3.57. The lowest BCUT2D eigenvalue weighted by Crippen LogP contribution is -2.18. The first-order valence-electron chi connectivity index (χ1n) is 8.31. The van der Waals surface area contributed by atoms with Crippen molar-refractivity contribution in [3.63, 3.8) is 0 Å². The highest BCUT2D eigenvalue weighted by molar-refractivity contribution is 7.71. The van der Waals surface area contributed by atoms with Crippen molar-refractivity contribution in [1.29, 1.82) is 0 Å². The van der Waals surface area contributed by atoms with Gasteiger partial charge in [0.2, 0.25) is 4.77 Å².